The number of piperazine rings is 1. The number of nitrogens with two attached hydrogens (primary N) is 1. The minimum atomic E-state index is -0.308. The average Bonchev–Trinajstić information content (AvgIpc) is 2.69. The number of amides is 2. The lowest BCUT2D eigenvalue weighted by Crippen LogP contribution is -2.51. The Balaban J connectivity index is 1.52. The van der Waals surface area contributed by atoms with Crippen LogP contribution in [0.4, 0.5) is 0 Å². The fraction of sp³-hybridized carbons (Fsp3) is 0.300. The fourth-order valence-corrected chi connectivity index (χ4v) is 3.20. The van der Waals surface area contributed by atoms with Gasteiger partial charge in [-0.25, -0.2) is 0 Å². The summed E-state index contributed by atoms with van der Waals surface area (Å²) in [6.07, 6.45) is 0.273. The predicted octanol–water partition coefficient (Wildman–Crippen LogP) is 2.71. The van der Waals surface area contributed by atoms with Gasteiger partial charge in [0.1, 0.15) is 0 Å². The Morgan fingerprint density at radius 2 is 1.50 bits per heavy atom. The van der Waals surface area contributed by atoms with E-state index in [-0.39, 0.29) is 24.3 Å². The third kappa shape index (κ3) is 4.42. The SMILES string of the molecule is NC(CC(=O)N1CCN(C(=O)c2ccc(Cl)cc2)CC1)c1ccccc1. The number of hydrogen-bond donors (Lipinski definition) is 1. The maximum Gasteiger partial charge on any atom is 0.253 e. The summed E-state index contributed by atoms with van der Waals surface area (Å²) < 4.78 is 0. The number of carbonyl (C=O) groups is 2. The van der Waals surface area contributed by atoms with Crippen molar-refractivity contribution < 1.29 is 9.59 Å². The zero-order valence-corrected chi connectivity index (χ0v) is 15.2. The first-order chi connectivity index (χ1) is 12.5. The van der Waals surface area contributed by atoms with Crippen molar-refractivity contribution in [3.05, 3.63) is 70.7 Å². The van der Waals surface area contributed by atoms with Gasteiger partial charge in [-0.05, 0) is 29.8 Å². The summed E-state index contributed by atoms with van der Waals surface area (Å²) >= 11 is 5.86. The molecule has 2 N–H and O–H groups in total. The second-order valence-corrected chi connectivity index (χ2v) is 6.84. The first-order valence-corrected chi connectivity index (χ1v) is 9.05. The minimum absolute atomic E-state index is 0.0277. The maximum absolute atomic E-state index is 12.5. The Hall–Kier alpha value is -2.37. The Morgan fingerprint density at radius 1 is 0.923 bits per heavy atom. The van der Waals surface area contributed by atoms with Crippen LogP contribution in [0.25, 0.3) is 0 Å². The van der Waals surface area contributed by atoms with E-state index in [1.165, 1.54) is 0 Å². The molecule has 0 spiro atoms. The first kappa shape index (κ1) is 18.4. The number of carbonyl (C=O) groups excluding carboxylic acids is 2. The lowest BCUT2D eigenvalue weighted by Gasteiger charge is -2.35. The van der Waals surface area contributed by atoms with Gasteiger partial charge in [0, 0.05) is 49.2 Å². The van der Waals surface area contributed by atoms with Crippen LogP contribution in [-0.4, -0.2) is 47.8 Å². The van der Waals surface area contributed by atoms with Crippen molar-refractivity contribution >= 4 is 23.4 Å². The topological polar surface area (TPSA) is 66.6 Å². The summed E-state index contributed by atoms with van der Waals surface area (Å²) in [5.41, 5.74) is 7.71. The van der Waals surface area contributed by atoms with Gasteiger partial charge < -0.3 is 15.5 Å². The van der Waals surface area contributed by atoms with Crippen LogP contribution in [0.5, 0.6) is 0 Å². The monoisotopic (exact) mass is 371 g/mol. The van der Waals surface area contributed by atoms with Crippen molar-refractivity contribution in [1.29, 1.82) is 0 Å². The van der Waals surface area contributed by atoms with E-state index in [4.69, 9.17) is 17.3 Å². The van der Waals surface area contributed by atoms with Gasteiger partial charge >= 0.3 is 0 Å². The Bertz CT molecular complexity index is 756. The molecule has 0 aliphatic carbocycles. The van der Waals surface area contributed by atoms with Crippen LogP contribution in [0.1, 0.15) is 28.4 Å². The van der Waals surface area contributed by atoms with Gasteiger partial charge in [-0.15, -0.1) is 0 Å². The summed E-state index contributed by atoms with van der Waals surface area (Å²) in [6.45, 7) is 2.10. The molecule has 1 aliphatic rings. The lowest BCUT2D eigenvalue weighted by molar-refractivity contribution is -0.133. The number of nitrogens with zero attached hydrogens (tertiary/aromatic N) is 2. The highest BCUT2D eigenvalue weighted by Gasteiger charge is 2.25. The molecule has 136 valence electrons. The first-order valence-electron chi connectivity index (χ1n) is 8.68. The van der Waals surface area contributed by atoms with Crippen LogP contribution < -0.4 is 5.73 Å². The van der Waals surface area contributed by atoms with Gasteiger partial charge in [0.05, 0.1) is 0 Å². The quantitative estimate of drug-likeness (QED) is 0.898. The van der Waals surface area contributed by atoms with Crippen LogP contribution in [0.3, 0.4) is 0 Å². The van der Waals surface area contributed by atoms with E-state index in [2.05, 4.69) is 0 Å². The molecule has 1 saturated heterocycles. The normalized spacial score (nSPS) is 15.6. The van der Waals surface area contributed by atoms with E-state index in [0.717, 1.165) is 5.56 Å². The van der Waals surface area contributed by atoms with E-state index < -0.39 is 0 Å². The molecule has 0 saturated carbocycles. The lowest BCUT2D eigenvalue weighted by atomic mass is 10.0. The third-order valence-electron chi connectivity index (χ3n) is 4.63. The molecule has 2 aromatic rings. The Kier molecular flexibility index (Phi) is 5.91. The molecular weight excluding hydrogens is 350 g/mol. The van der Waals surface area contributed by atoms with E-state index >= 15 is 0 Å². The summed E-state index contributed by atoms with van der Waals surface area (Å²) in [6, 6.07) is 16.2. The Morgan fingerprint density at radius 3 is 2.12 bits per heavy atom. The zero-order chi connectivity index (χ0) is 18.5. The van der Waals surface area contributed by atoms with Gasteiger partial charge in [-0.1, -0.05) is 41.9 Å². The number of hydrogen-bond acceptors (Lipinski definition) is 3. The van der Waals surface area contributed by atoms with Crippen molar-refractivity contribution in [1.82, 2.24) is 9.80 Å². The molecule has 0 radical (unpaired) electrons. The summed E-state index contributed by atoms with van der Waals surface area (Å²) in [7, 11) is 0. The fourth-order valence-electron chi connectivity index (χ4n) is 3.07. The van der Waals surface area contributed by atoms with Crippen LogP contribution in [-0.2, 0) is 4.79 Å². The van der Waals surface area contributed by atoms with Crippen LogP contribution in [0.2, 0.25) is 5.02 Å². The molecule has 1 unspecified atom stereocenters. The smallest absolute Gasteiger partial charge is 0.253 e. The van der Waals surface area contributed by atoms with E-state index in [0.29, 0.717) is 36.8 Å². The van der Waals surface area contributed by atoms with Gasteiger partial charge in [-0.3, -0.25) is 9.59 Å². The van der Waals surface area contributed by atoms with Gasteiger partial charge in [0.15, 0.2) is 0 Å². The Labute approximate surface area is 158 Å². The molecule has 1 aliphatic heterocycles. The van der Waals surface area contributed by atoms with Crippen LogP contribution in [0, 0.1) is 0 Å². The van der Waals surface area contributed by atoms with Crippen molar-refractivity contribution in [3.8, 4) is 0 Å². The number of halogens is 1. The molecule has 26 heavy (non-hydrogen) atoms. The highest BCUT2D eigenvalue weighted by atomic mass is 35.5. The minimum Gasteiger partial charge on any atom is -0.339 e. The largest absolute Gasteiger partial charge is 0.339 e. The molecule has 1 heterocycles. The average molecular weight is 372 g/mol. The van der Waals surface area contributed by atoms with Crippen molar-refractivity contribution in [2.75, 3.05) is 26.2 Å². The van der Waals surface area contributed by atoms with E-state index in [1.807, 2.05) is 30.3 Å². The van der Waals surface area contributed by atoms with Gasteiger partial charge in [-0.2, -0.15) is 0 Å². The molecule has 6 heteroatoms. The molecule has 2 amide bonds. The molecule has 2 aromatic carbocycles. The molecule has 0 bridgehead atoms. The van der Waals surface area contributed by atoms with Gasteiger partial charge in [0.25, 0.3) is 5.91 Å². The molecule has 0 aromatic heterocycles. The zero-order valence-electron chi connectivity index (χ0n) is 14.5. The molecule has 3 rings (SSSR count). The standard InChI is InChI=1S/C20H22ClN3O2/c21-17-8-6-16(7-9-17)20(26)24-12-10-23(11-13-24)19(25)14-18(22)15-4-2-1-3-5-15/h1-9,18H,10-14,22H2. The van der Waals surface area contributed by atoms with Crippen LogP contribution in [0.15, 0.2) is 54.6 Å². The van der Waals surface area contributed by atoms with E-state index in [1.54, 1.807) is 34.1 Å². The highest BCUT2D eigenvalue weighted by Crippen LogP contribution is 2.17. The maximum atomic E-state index is 12.5. The number of benzene rings is 2. The van der Waals surface area contributed by atoms with E-state index in [9.17, 15) is 9.59 Å². The summed E-state index contributed by atoms with van der Waals surface area (Å²) in [5, 5.41) is 0.603. The predicted molar refractivity (Wildman–Crippen MR) is 102 cm³/mol. The molecular formula is C20H22ClN3O2. The van der Waals surface area contributed by atoms with Crippen LogP contribution >= 0.6 is 11.6 Å². The van der Waals surface area contributed by atoms with Crippen molar-refractivity contribution in [3.63, 3.8) is 0 Å². The molecule has 5 nitrogen and oxygen atoms in total. The highest BCUT2D eigenvalue weighted by molar-refractivity contribution is 6.30. The number of rotatable bonds is 4. The third-order valence-corrected chi connectivity index (χ3v) is 4.88. The summed E-state index contributed by atoms with van der Waals surface area (Å²) in [4.78, 5) is 28.6. The molecule has 1 atom stereocenters. The van der Waals surface area contributed by atoms with Crippen molar-refractivity contribution in [2.45, 2.75) is 12.5 Å². The second-order valence-electron chi connectivity index (χ2n) is 6.40. The summed E-state index contributed by atoms with van der Waals surface area (Å²) in [5.74, 6) is -0.00491. The van der Waals surface area contributed by atoms with Gasteiger partial charge in [0.2, 0.25) is 5.91 Å². The van der Waals surface area contributed by atoms with Crippen molar-refractivity contribution in [2.24, 2.45) is 5.73 Å². The second kappa shape index (κ2) is 8.34. The molecule has 1 fully saturated rings.